The maximum absolute atomic E-state index is 4.33. The van der Waals surface area contributed by atoms with E-state index in [1.54, 1.807) is 0 Å². The summed E-state index contributed by atoms with van der Waals surface area (Å²) in [7, 11) is 0. The first-order chi connectivity index (χ1) is 7.04. The molecule has 0 bridgehead atoms. The zero-order valence-corrected chi connectivity index (χ0v) is 11.0. The SMILES string of the molecule is C=C(CC)CNc1nc(C)nc(C)c1Br. The topological polar surface area (TPSA) is 37.8 Å². The second-order valence-corrected chi connectivity index (χ2v) is 4.27. The summed E-state index contributed by atoms with van der Waals surface area (Å²) < 4.78 is 0.928. The lowest BCUT2D eigenvalue weighted by Gasteiger charge is -2.10. The average molecular weight is 270 g/mol. The summed E-state index contributed by atoms with van der Waals surface area (Å²) in [4.78, 5) is 8.59. The van der Waals surface area contributed by atoms with Gasteiger partial charge in [0.1, 0.15) is 11.6 Å². The lowest BCUT2D eigenvalue weighted by Crippen LogP contribution is -2.08. The first kappa shape index (κ1) is 12.2. The molecule has 0 aliphatic heterocycles. The molecule has 0 saturated heterocycles. The number of nitrogens with zero attached hydrogens (tertiary/aromatic N) is 2. The third-order valence-electron chi connectivity index (χ3n) is 2.13. The molecule has 3 nitrogen and oxygen atoms in total. The van der Waals surface area contributed by atoms with Crippen LogP contribution in [0.25, 0.3) is 0 Å². The molecule has 0 aliphatic rings. The number of rotatable bonds is 4. The largest absolute Gasteiger partial charge is 0.365 e. The Labute approximate surface area is 99.2 Å². The minimum Gasteiger partial charge on any atom is -0.365 e. The number of hydrogen-bond donors (Lipinski definition) is 1. The van der Waals surface area contributed by atoms with Crippen LogP contribution < -0.4 is 5.32 Å². The van der Waals surface area contributed by atoms with E-state index in [0.717, 1.165) is 40.3 Å². The van der Waals surface area contributed by atoms with E-state index < -0.39 is 0 Å². The highest BCUT2D eigenvalue weighted by Crippen LogP contribution is 2.22. The van der Waals surface area contributed by atoms with Crippen LogP contribution in [-0.2, 0) is 0 Å². The van der Waals surface area contributed by atoms with Gasteiger partial charge in [0.25, 0.3) is 0 Å². The van der Waals surface area contributed by atoms with E-state index in [2.05, 4.69) is 44.7 Å². The van der Waals surface area contributed by atoms with Crippen LogP contribution in [0.1, 0.15) is 24.9 Å². The molecule has 0 saturated carbocycles. The fraction of sp³-hybridized carbons (Fsp3) is 0.455. The van der Waals surface area contributed by atoms with Gasteiger partial charge in [0.2, 0.25) is 0 Å². The molecule has 1 aromatic heterocycles. The van der Waals surface area contributed by atoms with E-state index in [0.29, 0.717) is 0 Å². The Morgan fingerprint density at radius 3 is 2.67 bits per heavy atom. The van der Waals surface area contributed by atoms with Crippen LogP contribution in [0.15, 0.2) is 16.6 Å². The Kier molecular flexibility index (Phi) is 4.27. The lowest BCUT2D eigenvalue weighted by atomic mass is 10.2. The summed E-state index contributed by atoms with van der Waals surface area (Å²) in [5.41, 5.74) is 2.11. The third-order valence-corrected chi connectivity index (χ3v) is 3.08. The van der Waals surface area contributed by atoms with Crippen LogP contribution >= 0.6 is 15.9 Å². The molecule has 0 spiro atoms. The molecule has 15 heavy (non-hydrogen) atoms. The highest BCUT2D eigenvalue weighted by Gasteiger charge is 2.06. The van der Waals surface area contributed by atoms with Gasteiger partial charge < -0.3 is 5.32 Å². The molecule has 0 unspecified atom stereocenters. The average Bonchev–Trinajstić information content (AvgIpc) is 2.20. The minimum atomic E-state index is 0.755. The van der Waals surface area contributed by atoms with Crippen molar-refractivity contribution >= 4 is 21.7 Å². The summed E-state index contributed by atoms with van der Waals surface area (Å²) >= 11 is 3.47. The van der Waals surface area contributed by atoms with Crippen molar-refractivity contribution in [3.8, 4) is 0 Å². The first-order valence-corrected chi connectivity index (χ1v) is 5.75. The number of halogens is 1. The molecule has 1 rings (SSSR count). The van der Waals surface area contributed by atoms with E-state index in [4.69, 9.17) is 0 Å². The van der Waals surface area contributed by atoms with Gasteiger partial charge in [0.05, 0.1) is 10.2 Å². The Hall–Kier alpha value is -0.900. The smallest absolute Gasteiger partial charge is 0.144 e. The van der Waals surface area contributed by atoms with Gasteiger partial charge in [-0.15, -0.1) is 0 Å². The Bertz CT molecular complexity index is 374. The van der Waals surface area contributed by atoms with Crippen LogP contribution in [0.5, 0.6) is 0 Å². The third kappa shape index (κ3) is 3.30. The predicted octanol–water partition coefficient (Wildman–Crippen LogP) is 3.23. The van der Waals surface area contributed by atoms with E-state index in [1.807, 2.05) is 13.8 Å². The Morgan fingerprint density at radius 1 is 1.40 bits per heavy atom. The van der Waals surface area contributed by atoms with Crippen molar-refractivity contribution in [1.82, 2.24) is 9.97 Å². The Balaban J connectivity index is 2.81. The highest BCUT2D eigenvalue weighted by molar-refractivity contribution is 9.10. The van der Waals surface area contributed by atoms with Gasteiger partial charge in [0.15, 0.2) is 0 Å². The summed E-state index contributed by atoms with van der Waals surface area (Å²) in [6.07, 6.45) is 0.980. The van der Waals surface area contributed by atoms with Gasteiger partial charge in [-0.3, -0.25) is 0 Å². The molecule has 0 amide bonds. The molecule has 0 aromatic carbocycles. The van der Waals surface area contributed by atoms with Gasteiger partial charge in [-0.05, 0) is 36.2 Å². The summed E-state index contributed by atoms with van der Waals surface area (Å²) in [6, 6.07) is 0. The molecule has 0 radical (unpaired) electrons. The number of hydrogen-bond acceptors (Lipinski definition) is 3. The number of aryl methyl sites for hydroxylation is 2. The lowest BCUT2D eigenvalue weighted by molar-refractivity contribution is 0.977. The van der Waals surface area contributed by atoms with E-state index in [-0.39, 0.29) is 0 Å². The van der Waals surface area contributed by atoms with Crippen molar-refractivity contribution in [2.45, 2.75) is 27.2 Å². The number of nitrogens with one attached hydrogen (secondary N) is 1. The maximum atomic E-state index is 4.33. The molecule has 1 aromatic rings. The van der Waals surface area contributed by atoms with Gasteiger partial charge in [-0.25, -0.2) is 9.97 Å². The van der Waals surface area contributed by atoms with E-state index in [9.17, 15) is 0 Å². The van der Waals surface area contributed by atoms with Crippen LogP contribution in [0.4, 0.5) is 5.82 Å². The van der Waals surface area contributed by atoms with Crippen molar-refractivity contribution in [2.24, 2.45) is 0 Å². The fourth-order valence-electron chi connectivity index (χ4n) is 1.15. The number of anilines is 1. The van der Waals surface area contributed by atoms with Gasteiger partial charge >= 0.3 is 0 Å². The quantitative estimate of drug-likeness (QED) is 0.853. The van der Waals surface area contributed by atoms with Crippen molar-refractivity contribution in [1.29, 1.82) is 0 Å². The molecular formula is C11H16BrN3. The van der Waals surface area contributed by atoms with Crippen LogP contribution in [0, 0.1) is 13.8 Å². The minimum absolute atomic E-state index is 0.755. The zero-order valence-electron chi connectivity index (χ0n) is 9.39. The summed E-state index contributed by atoms with van der Waals surface area (Å²) in [5, 5.41) is 3.25. The zero-order chi connectivity index (χ0) is 11.4. The van der Waals surface area contributed by atoms with Crippen molar-refractivity contribution in [3.05, 3.63) is 28.1 Å². The Morgan fingerprint density at radius 2 is 2.07 bits per heavy atom. The molecule has 0 atom stereocenters. The van der Waals surface area contributed by atoms with Crippen molar-refractivity contribution < 1.29 is 0 Å². The van der Waals surface area contributed by atoms with Crippen molar-refractivity contribution in [3.63, 3.8) is 0 Å². The van der Waals surface area contributed by atoms with Crippen LogP contribution in [-0.4, -0.2) is 16.5 Å². The second kappa shape index (κ2) is 5.26. The van der Waals surface area contributed by atoms with Gasteiger partial charge in [-0.1, -0.05) is 19.1 Å². The van der Waals surface area contributed by atoms with Crippen LogP contribution in [0.2, 0.25) is 0 Å². The molecule has 1 N–H and O–H groups in total. The predicted molar refractivity (Wildman–Crippen MR) is 67.1 cm³/mol. The van der Waals surface area contributed by atoms with Crippen molar-refractivity contribution in [2.75, 3.05) is 11.9 Å². The fourth-order valence-corrected chi connectivity index (χ4v) is 1.47. The monoisotopic (exact) mass is 269 g/mol. The molecule has 0 fully saturated rings. The second-order valence-electron chi connectivity index (χ2n) is 3.48. The summed E-state index contributed by atoms with van der Waals surface area (Å²) in [5.74, 6) is 1.62. The standard InChI is InChI=1S/C11H16BrN3/c1-5-7(2)6-13-11-10(12)8(3)14-9(4)15-11/h2,5-6H2,1,3-4H3,(H,13,14,15). The van der Waals surface area contributed by atoms with E-state index in [1.165, 1.54) is 0 Å². The molecule has 4 heteroatoms. The van der Waals surface area contributed by atoms with E-state index >= 15 is 0 Å². The van der Waals surface area contributed by atoms with Gasteiger partial charge in [-0.2, -0.15) is 0 Å². The molecule has 82 valence electrons. The normalized spacial score (nSPS) is 10.1. The number of aromatic nitrogens is 2. The van der Waals surface area contributed by atoms with Crippen LogP contribution in [0.3, 0.4) is 0 Å². The molecule has 0 aliphatic carbocycles. The highest BCUT2D eigenvalue weighted by atomic mass is 79.9. The first-order valence-electron chi connectivity index (χ1n) is 4.95. The van der Waals surface area contributed by atoms with Gasteiger partial charge in [0, 0.05) is 6.54 Å². The maximum Gasteiger partial charge on any atom is 0.144 e. The molecule has 1 heterocycles. The molecular weight excluding hydrogens is 254 g/mol. The summed E-state index contributed by atoms with van der Waals surface area (Å²) in [6.45, 7) is 10.6.